The highest BCUT2D eigenvalue weighted by molar-refractivity contribution is 5.27. The molecule has 1 aromatic rings. The topological polar surface area (TPSA) is 36.8 Å². The number of aliphatic hydroxyl groups excluding tert-OH is 1. The van der Waals surface area contributed by atoms with Gasteiger partial charge < -0.3 is 10.4 Å². The lowest BCUT2D eigenvalue weighted by Gasteiger charge is -2.20. The second-order valence-electron chi connectivity index (χ2n) is 3.36. The van der Waals surface area contributed by atoms with E-state index in [1.807, 2.05) is 0 Å². The summed E-state index contributed by atoms with van der Waals surface area (Å²) in [5, 5.41) is 11.2. The van der Waals surface area contributed by atoms with Crippen LogP contribution in [0.25, 0.3) is 0 Å². The van der Waals surface area contributed by atoms with Crippen LogP contribution in [0.3, 0.4) is 0 Å². The fourth-order valence-electron chi connectivity index (χ4n) is 1.75. The summed E-state index contributed by atoms with van der Waals surface area (Å²) >= 11 is 0. The van der Waals surface area contributed by atoms with Crippen LogP contribution in [0.5, 0.6) is 0 Å². The molecular weight excluding hydrogens is 150 g/mol. The minimum Gasteiger partial charge on any atom is -0.390 e. The summed E-state index contributed by atoms with van der Waals surface area (Å²) in [6.07, 6.45) is 1.01. The van der Waals surface area contributed by atoms with E-state index in [2.05, 4.69) is 29.6 Å². The van der Waals surface area contributed by atoms with Crippen molar-refractivity contribution in [2.75, 3.05) is 6.61 Å². The van der Waals surface area contributed by atoms with Gasteiger partial charge in [-0.3, -0.25) is 0 Å². The molecule has 0 fully saturated rings. The third kappa shape index (κ3) is 1.36. The summed E-state index contributed by atoms with van der Waals surface area (Å²) in [6.45, 7) is 1.30. The number of fused-ring (bicyclic) bond motifs is 1. The maximum Gasteiger partial charge on any atom is 0.114 e. The van der Waals surface area contributed by atoms with Crippen molar-refractivity contribution in [3.63, 3.8) is 0 Å². The molecule has 1 aromatic carbocycles. The summed E-state index contributed by atoms with van der Waals surface area (Å²) < 4.78 is 0. The summed E-state index contributed by atoms with van der Waals surface area (Å²) in [7, 11) is 0. The molecular formula is C10H14NO+. The van der Waals surface area contributed by atoms with E-state index in [1.165, 1.54) is 11.1 Å². The second-order valence-corrected chi connectivity index (χ2v) is 3.36. The van der Waals surface area contributed by atoms with Crippen molar-refractivity contribution >= 4 is 0 Å². The number of aliphatic hydroxyl groups is 1. The zero-order chi connectivity index (χ0) is 8.39. The van der Waals surface area contributed by atoms with Crippen LogP contribution < -0.4 is 5.32 Å². The van der Waals surface area contributed by atoms with Crippen LogP contribution in [-0.4, -0.2) is 17.8 Å². The molecule has 64 valence electrons. The highest BCUT2D eigenvalue weighted by atomic mass is 16.3. The Morgan fingerprint density at radius 2 is 2.08 bits per heavy atom. The van der Waals surface area contributed by atoms with Gasteiger partial charge in [0.2, 0.25) is 0 Å². The van der Waals surface area contributed by atoms with E-state index in [4.69, 9.17) is 5.11 Å². The van der Waals surface area contributed by atoms with E-state index in [0.29, 0.717) is 6.04 Å². The molecule has 2 rings (SSSR count). The van der Waals surface area contributed by atoms with Gasteiger partial charge in [0.25, 0.3) is 0 Å². The van der Waals surface area contributed by atoms with E-state index < -0.39 is 0 Å². The molecule has 0 radical (unpaired) electrons. The van der Waals surface area contributed by atoms with Crippen LogP contribution in [-0.2, 0) is 13.0 Å². The lowest BCUT2D eigenvalue weighted by atomic mass is 9.96. The minimum atomic E-state index is 0.286. The van der Waals surface area contributed by atoms with Crippen molar-refractivity contribution in [2.24, 2.45) is 0 Å². The quantitative estimate of drug-likeness (QED) is 0.586. The molecule has 3 N–H and O–H groups in total. The Hall–Kier alpha value is -0.860. The number of rotatable bonds is 1. The molecule has 0 amide bonds. The molecule has 0 spiro atoms. The van der Waals surface area contributed by atoms with Crippen molar-refractivity contribution in [3.8, 4) is 0 Å². The zero-order valence-corrected chi connectivity index (χ0v) is 7.03. The van der Waals surface area contributed by atoms with Gasteiger partial charge in [0.1, 0.15) is 12.6 Å². The normalized spacial score (nSPS) is 21.9. The second kappa shape index (κ2) is 3.25. The maximum atomic E-state index is 8.99. The van der Waals surface area contributed by atoms with Gasteiger partial charge in [0.15, 0.2) is 0 Å². The van der Waals surface area contributed by atoms with Gasteiger partial charge in [0.05, 0.1) is 6.61 Å². The first-order valence-corrected chi connectivity index (χ1v) is 4.41. The van der Waals surface area contributed by atoms with Crippen LogP contribution >= 0.6 is 0 Å². The third-order valence-electron chi connectivity index (χ3n) is 2.51. The molecule has 1 aliphatic heterocycles. The number of hydrogen-bond donors (Lipinski definition) is 2. The Kier molecular flexibility index (Phi) is 2.11. The first-order valence-electron chi connectivity index (χ1n) is 4.41. The standard InChI is InChI=1S/C10H13NO/c12-7-10-5-8-3-1-2-4-9(8)6-11-10/h1-4,10-12H,5-7H2/p+1/t10-/m1/s1. The monoisotopic (exact) mass is 164 g/mol. The molecule has 1 atom stereocenters. The van der Waals surface area contributed by atoms with Crippen molar-refractivity contribution in [1.82, 2.24) is 0 Å². The molecule has 2 heteroatoms. The number of nitrogens with two attached hydrogens (primary N) is 1. The Labute approximate surface area is 72.2 Å². The number of quaternary nitrogens is 1. The van der Waals surface area contributed by atoms with Crippen LogP contribution in [0.4, 0.5) is 0 Å². The van der Waals surface area contributed by atoms with Crippen LogP contribution in [0.15, 0.2) is 24.3 Å². The Bertz CT molecular complexity index is 272. The van der Waals surface area contributed by atoms with Crippen LogP contribution in [0.2, 0.25) is 0 Å². The highest BCUT2D eigenvalue weighted by Crippen LogP contribution is 2.11. The van der Waals surface area contributed by atoms with Crippen molar-refractivity contribution < 1.29 is 10.4 Å². The van der Waals surface area contributed by atoms with Gasteiger partial charge in [-0.1, -0.05) is 24.3 Å². The van der Waals surface area contributed by atoms with Crippen molar-refractivity contribution in [1.29, 1.82) is 0 Å². The van der Waals surface area contributed by atoms with Gasteiger partial charge in [-0.25, -0.2) is 0 Å². The van der Waals surface area contributed by atoms with E-state index in [-0.39, 0.29) is 6.61 Å². The fourth-order valence-corrected chi connectivity index (χ4v) is 1.75. The van der Waals surface area contributed by atoms with Gasteiger partial charge in [0, 0.05) is 12.0 Å². The van der Waals surface area contributed by atoms with Gasteiger partial charge >= 0.3 is 0 Å². The summed E-state index contributed by atoms with van der Waals surface area (Å²) in [5.41, 5.74) is 2.82. The smallest absolute Gasteiger partial charge is 0.114 e. The van der Waals surface area contributed by atoms with Gasteiger partial charge in [-0.05, 0) is 5.56 Å². The first-order chi connectivity index (χ1) is 5.90. The Balaban J connectivity index is 2.23. The average molecular weight is 164 g/mol. The molecule has 0 aromatic heterocycles. The van der Waals surface area contributed by atoms with E-state index in [0.717, 1.165) is 13.0 Å². The van der Waals surface area contributed by atoms with Crippen molar-refractivity contribution in [3.05, 3.63) is 35.4 Å². The molecule has 0 aliphatic carbocycles. The predicted molar refractivity (Wildman–Crippen MR) is 46.6 cm³/mol. The lowest BCUT2D eigenvalue weighted by molar-refractivity contribution is -0.709. The maximum absolute atomic E-state index is 8.99. The summed E-state index contributed by atoms with van der Waals surface area (Å²) in [6, 6.07) is 8.84. The average Bonchev–Trinajstić information content (AvgIpc) is 2.17. The molecule has 2 nitrogen and oxygen atoms in total. The number of hydrogen-bond acceptors (Lipinski definition) is 1. The SMILES string of the molecule is OC[C@H]1Cc2ccccc2C[NH2+]1. The van der Waals surface area contributed by atoms with Crippen LogP contribution in [0.1, 0.15) is 11.1 Å². The summed E-state index contributed by atoms with van der Waals surface area (Å²) in [5.74, 6) is 0. The minimum absolute atomic E-state index is 0.286. The predicted octanol–water partition coefficient (Wildman–Crippen LogP) is -0.333. The summed E-state index contributed by atoms with van der Waals surface area (Å²) in [4.78, 5) is 0. The van der Waals surface area contributed by atoms with E-state index >= 15 is 0 Å². The Morgan fingerprint density at radius 1 is 1.33 bits per heavy atom. The molecule has 0 saturated heterocycles. The van der Waals surface area contributed by atoms with Crippen LogP contribution in [0, 0.1) is 0 Å². The van der Waals surface area contributed by atoms with E-state index in [9.17, 15) is 0 Å². The number of benzene rings is 1. The third-order valence-corrected chi connectivity index (χ3v) is 2.51. The largest absolute Gasteiger partial charge is 0.390 e. The highest BCUT2D eigenvalue weighted by Gasteiger charge is 2.19. The Morgan fingerprint density at radius 3 is 2.83 bits per heavy atom. The van der Waals surface area contributed by atoms with Gasteiger partial charge in [-0.2, -0.15) is 0 Å². The fraction of sp³-hybridized carbons (Fsp3) is 0.400. The first kappa shape index (κ1) is 7.77. The lowest BCUT2D eigenvalue weighted by Crippen LogP contribution is -2.91. The molecule has 0 saturated carbocycles. The van der Waals surface area contributed by atoms with Gasteiger partial charge in [-0.15, -0.1) is 0 Å². The molecule has 1 heterocycles. The molecule has 1 aliphatic rings. The van der Waals surface area contributed by atoms with E-state index in [1.54, 1.807) is 0 Å². The molecule has 12 heavy (non-hydrogen) atoms. The molecule has 0 unspecified atom stereocenters. The van der Waals surface area contributed by atoms with Crippen molar-refractivity contribution in [2.45, 2.75) is 19.0 Å². The molecule has 0 bridgehead atoms. The zero-order valence-electron chi connectivity index (χ0n) is 7.03.